The second-order valence-corrected chi connectivity index (χ2v) is 6.16. The summed E-state index contributed by atoms with van der Waals surface area (Å²) in [5, 5.41) is 9.24. The largest absolute Gasteiger partial charge is 0.469 e. The maximum absolute atomic E-state index is 11.1. The fourth-order valence-corrected chi connectivity index (χ4v) is 3.28. The van der Waals surface area contributed by atoms with E-state index in [0.717, 1.165) is 21.5 Å². The third-order valence-electron chi connectivity index (χ3n) is 2.71. The van der Waals surface area contributed by atoms with Gasteiger partial charge in [-0.15, -0.1) is 22.7 Å². The Kier molecular flexibility index (Phi) is 5.08. The maximum atomic E-state index is 11.1. The highest BCUT2D eigenvalue weighted by molar-refractivity contribution is 7.13. The van der Waals surface area contributed by atoms with E-state index >= 15 is 0 Å². The Bertz CT molecular complexity index is 580. The van der Waals surface area contributed by atoms with Crippen molar-refractivity contribution < 1.29 is 9.53 Å². The number of carbonyl (C=O) groups excluding carboxylic acids is 1. The van der Waals surface area contributed by atoms with Gasteiger partial charge in [0.1, 0.15) is 5.01 Å². The van der Waals surface area contributed by atoms with Crippen molar-refractivity contribution >= 4 is 33.8 Å². The van der Waals surface area contributed by atoms with E-state index < -0.39 is 0 Å². The second-order valence-electron chi connectivity index (χ2n) is 4.41. The van der Waals surface area contributed by atoms with Crippen LogP contribution in [0.15, 0.2) is 10.8 Å². The van der Waals surface area contributed by atoms with Gasteiger partial charge in [0.2, 0.25) is 0 Å². The van der Waals surface area contributed by atoms with Crippen LogP contribution in [0.4, 0.5) is 5.13 Å². The summed E-state index contributed by atoms with van der Waals surface area (Å²) in [7, 11) is 1.40. The zero-order valence-electron chi connectivity index (χ0n) is 11.7. The van der Waals surface area contributed by atoms with Crippen LogP contribution < -0.4 is 5.32 Å². The Morgan fingerprint density at radius 2 is 2.20 bits per heavy atom. The Hall–Kier alpha value is -1.47. The van der Waals surface area contributed by atoms with Crippen molar-refractivity contribution in [1.29, 1.82) is 0 Å². The molecule has 7 heteroatoms. The fourth-order valence-electron chi connectivity index (χ4n) is 1.64. The van der Waals surface area contributed by atoms with Gasteiger partial charge in [-0.05, 0) is 13.8 Å². The standard InChI is InChI=1S/C13H17N3O2S2/c1-8-6-19-12(14-8)9(2)15-13-16-10(7-20-13)4-5-11(17)18-3/h6-7,9H,4-5H2,1-3H3,(H,15,16). The van der Waals surface area contributed by atoms with Gasteiger partial charge in [-0.25, -0.2) is 9.97 Å². The number of carbonyl (C=O) groups is 1. The van der Waals surface area contributed by atoms with Gasteiger partial charge in [-0.2, -0.15) is 0 Å². The van der Waals surface area contributed by atoms with Crippen LogP contribution in [0.1, 0.15) is 35.8 Å². The molecule has 0 amide bonds. The van der Waals surface area contributed by atoms with Crippen molar-refractivity contribution in [2.45, 2.75) is 32.7 Å². The average Bonchev–Trinajstić information content (AvgIpc) is 3.05. The zero-order valence-corrected chi connectivity index (χ0v) is 13.3. The molecule has 2 rings (SSSR count). The van der Waals surface area contributed by atoms with Gasteiger partial charge in [0.15, 0.2) is 5.13 Å². The van der Waals surface area contributed by atoms with E-state index in [2.05, 4.69) is 26.9 Å². The number of hydrogen-bond acceptors (Lipinski definition) is 7. The number of rotatable bonds is 6. The molecule has 0 aromatic carbocycles. The minimum atomic E-state index is -0.209. The van der Waals surface area contributed by atoms with Gasteiger partial charge in [-0.1, -0.05) is 0 Å². The highest BCUT2D eigenvalue weighted by atomic mass is 32.1. The lowest BCUT2D eigenvalue weighted by Gasteiger charge is -2.09. The number of anilines is 1. The minimum Gasteiger partial charge on any atom is -0.469 e. The Morgan fingerprint density at radius 1 is 1.40 bits per heavy atom. The minimum absolute atomic E-state index is 0.133. The highest BCUT2D eigenvalue weighted by Crippen LogP contribution is 2.24. The predicted octanol–water partition coefficient (Wildman–Crippen LogP) is 3.19. The summed E-state index contributed by atoms with van der Waals surface area (Å²) in [6.45, 7) is 4.05. The third kappa shape index (κ3) is 4.01. The number of methoxy groups -OCH3 is 1. The third-order valence-corrected chi connectivity index (χ3v) is 4.68. The molecule has 0 saturated carbocycles. The van der Waals surface area contributed by atoms with Crippen LogP contribution in [0.3, 0.4) is 0 Å². The monoisotopic (exact) mass is 311 g/mol. The topological polar surface area (TPSA) is 64.1 Å². The number of aryl methyl sites for hydroxylation is 2. The quantitative estimate of drug-likeness (QED) is 0.830. The number of aromatic nitrogens is 2. The SMILES string of the molecule is COC(=O)CCc1csc(NC(C)c2nc(C)cs2)n1. The van der Waals surface area contributed by atoms with Gasteiger partial charge in [-0.3, -0.25) is 4.79 Å². The molecule has 2 aromatic heterocycles. The van der Waals surface area contributed by atoms with Crippen molar-refractivity contribution in [3.8, 4) is 0 Å². The first-order valence-corrected chi connectivity index (χ1v) is 8.04. The van der Waals surface area contributed by atoms with E-state index in [1.165, 1.54) is 7.11 Å². The molecule has 0 bridgehead atoms. The lowest BCUT2D eigenvalue weighted by Crippen LogP contribution is -2.06. The molecule has 0 aliphatic rings. The van der Waals surface area contributed by atoms with E-state index in [1.54, 1.807) is 22.7 Å². The molecule has 1 atom stereocenters. The number of ether oxygens (including phenoxy) is 1. The van der Waals surface area contributed by atoms with Crippen LogP contribution in [-0.4, -0.2) is 23.0 Å². The summed E-state index contributed by atoms with van der Waals surface area (Å²) in [5.74, 6) is -0.209. The van der Waals surface area contributed by atoms with E-state index in [0.29, 0.717) is 12.8 Å². The van der Waals surface area contributed by atoms with Gasteiger partial charge in [0.05, 0.1) is 25.3 Å². The van der Waals surface area contributed by atoms with Crippen LogP contribution in [0.25, 0.3) is 0 Å². The van der Waals surface area contributed by atoms with Crippen LogP contribution in [0.5, 0.6) is 0 Å². The predicted molar refractivity (Wildman–Crippen MR) is 81.3 cm³/mol. The van der Waals surface area contributed by atoms with Crippen molar-refractivity contribution in [2.24, 2.45) is 0 Å². The molecule has 2 heterocycles. The normalized spacial score (nSPS) is 12.2. The molecule has 5 nitrogen and oxygen atoms in total. The van der Waals surface area contributed by atoms with E-state index in [1.807, 2.05) is 17.7 Å². The molecule has 1 unspecified atom stereocenters. The lowest BCUT2D eigenvalue weighted by atomic mass is 10.2. The van der Waals surface area contributed by atoms with E-state index in [9.17, 15) is 4.79 Å². The van der Waals surface area contributed by atoms with Crippen molar-refractivity contribution in [3.05, 3.63) is 27.2 Å². The summed E-state index contributed by atoms with van der Waals surface area (Å²) >= 11 is 3.18. The van der Waals surface area contributed by atoms with Crippen LogP contribution in [-0.2, 0) is 16.0 Å². The van der Waals surface area contributed by atoms with Crippen LogP contribution in [0, 0.1) is 6.92 Å². The van der Waals surface area contributed by atoms with Crippen molar-refractivity contribution in [3.63, 3.8) is 0 Å². The first-order chi connectivity index (χ1) is 9.58. The molecule has 0 fully saturated rings. The van der Waals surface area contributed by atoms with Crippen molar-refractivity contribution in [2.75, 3.05) is 12.4 Å². The average molecular weight is 311 g/mol. The molecule has 0 aliphatic carbocycles. The smallest absolute Gasteiger partial charge is 0.305 e. The number of nitrogens with zero attached hydrogens (tertiary/aromatic N) is 2. The molecule has 2 aromatic rings. The summed E-state index contributed by atoms with van der Waals surface area (Å²) in [6.07, 6.45) is 0.969. The van der Waals surface area contributed by atoms with Gasteiger partial charge in [0.25, 0.3) is 0 Å². The maximum Gasteiger partial charge on any atom is 0.305 e. The number of hydrogen-bond donors (Lipinski definition) is 1. The molecular formula is C13H17N3O2S2. The summed E-state index contributed by atoms with van der Waals surface area (Å²) < 4.78 is 4.62. The Labute approximate surface area is 126 Å². The first kappa shape index (κ1) is 14.9. The highest BCUT2D eigenvalue weighted by Gasteiger charge is 2.12. The summed E-state index contributed by atoms with van der Waals surface area (Å²) in [5.41, 5.74) is 1.95. The number of thiazole rings is 2. The molecule has 20 heavy (non-hydrogen) atoms. The van der Waals surface area contributed by atoms with Crippen LogP contribution >= 0.6 is 22.7 Å². The molecule has 0 spiro atoms. The fraction of sp³-hybridized carbons (Fsp3) is 0.462. The lowest BCUT2D eigenvalue weighted by molar-refractivity contribution is -0.140. The number of esters is 1. The summed E-state index contributed by atoms with van der Waals surface area (Å²) in [4.78, 5) is 20.0. The van der Waals surface area contributed by atoms with Gasteiger partial charge >= 0.3 is 5.97 Å². The molecule has 0 aliphatic heterocycles. The molecule has 108 valence electrons. The molecule has 0 saturated heterocycles. The molecule has 0 radical (unpaired) electrons. The molecule has 1 N–H and O–H groups in total. The van der Waals surface area contributed by atoms with Gasteiger partial charge < -0.3 is 10.1 Å². The van der Waals surface area contributed by atoms with Crippen molar-refractivity contribution in [1.82, 2.24) is 9.97 Å². The Morgan fingerprint density at radius 3 is 2.85 bits per heavy atom. The molecular weight excluding hydrogens is 294 g/mol. The van der Waals surface area contributed by atoms with Gasteiger partial charge in [0, 0.05) is 22.9 Å². The number of nitrogens with one attached hydrogen (secondary N) is 1. The Balaban J connectivity index is 1.90. The second kappa shape index (κ2) is 6.81. The van der Waals surface area contributed by atoms with Crippen LogP contribution in [0.2, 0.25) is 0 Å². The summed E-state index contributed by atoms with van der Waals surface area (Å²) in [6, 6.07) is 0.133. The first-order valence-electron chi connectivity index (χ1n) is 6.28. The van der Waals surface area contributed by atoms with E-state index in [-0.39, 0.29) is 12.0 Å². The zero-order chi connectivity index (χ0) is 14.5. The van der Waals surface area contributed by atoms with E-state index in [4.69, 9.17) is 0 Å².